The van der Waals surface area contributed by atoms with Gasteiger partial charge in [-0.15, -0.1) is 11.3 Å². The van der Waals surface area contributed by atoms with Gasteiger partial charge in [0.1, 0.15) is 0 Å². The molecule has 1 heterocycles. The lowest BCUT2D eigenvalue weighted by Gasteiger charge is -2.01. The Morgan fingerprint density at radius 1 is 1.53 bits per heavy atom. The Labute approximate surface area is 93.1 Å². The molecule has 0 aromatic carbocycles. The van der Waals surface area contributed by atoms with Crippen molar-refractivity contribution in [3.63, 3.8) is 0 Å². The van der Waals surface area contributed by atoms with Crippen molar-refractivity contribution >= 4 is 17.3 Å². The number of rotatable bonds is 7. The van der Waals surface area contributed by atoms with Crippen LogP contribution in [0.4, 0.5) is 0 Å². The molecule has 1 aromatic heterocycles. The smallest absolute Gasteiger partial charge is 0.336 e. The monoisotopic (exact) mass is 228 g/mol. The van der Waals surface area contributed by atoms with E-state index in [2.05, 4.69) is 5.32 Å². The molecule has 0 aliphatic rings. The highest BCUT2D eigenvalue weighted by Crippen LogP contribution is 2.14. The Morgan fingerprint density at radius 3 is 2.93 bits per heavy atom. The second-order valence-corrected chi connectivity index (χ2v) is 4.28. The quantitative estimate of drug-likeness (QED) is 0.614. The number of carbonyl (C=O) groups is 1. The lowest BCUT2D eigenvalue weighted by molar-refractivity contribution is 0.0697. The average Bonchev–Trinajstić information content (AvgIpc) is 2.66. The minimum Gasteiger partial charge on any atom is -0.478 e. The highest BCUT2D eigenvalue weighted by molar-refractivity contribution is 7.10. The van der Waals surface area contributed by atoms with Crippen LogP contribution in [0.15, 0.2) is 11.4 Å². The molecule has 5 heteroatoms. The van der Waals surface area contributed by atoms with E-state index in [1.807, 2.05) is 0 Å². The van der Waals surface area contributed by atoms with E-state index in [1.54, 1.807) is 11.4 Å². The summed E-state index contributed by atoms with van der Waals surface area (Å²) < 4.78 is 0. The summed E-state index contributed by atoms with van der Waals surface area (Å²) in [6.45, 7) is 2.39. The maximum absolute atomic E-state index is 10.6. The molecule has 0 unspecified atom stereocenters. The first kappa shape index (κ1) is 12.2. The predicted octanol–water partition coefficient (Wildman–Crippen LogP) is 1.27. The van der Waals surface area contributed by atoms with Crippen LogP contribution in [0.2, 0.25) is 0 Å². The molecule has 0 amide bonds. The minimum absolute atomic E-state index is 0.374. The van der Waals surface area contributed by atoms with E-state index < -0.39 is 5.97 Å². The molecule has 0 saturated carbocycles. The maximum atomic E-state index is 10.6. The number of carboxylic acids is 1. The highest BCUT2D eigenvalue weighted by Gasteiger charge is 2.05. The van der Waals surface area contributed by atoms with Crippen LogP contribution in [0.1, 0.15) is 28.1 Å². The molecule has 0 atom stereocenters. The zero-order valence-corrected chi connectivity index (χ0v) is 9.35. The Balaban J connectivity index is 2.23. The normalized spacial score (nSPS) is 10.5. The first-order valence-electron chi connectivity index (χ1n) is 4.95. The van der Waals surface area contributed by atoms with E-state index in [0.717, 1.165) is 37.4 Å². The van der Waals surface area contributed by atoms with E-state index in [4.69, 9.17) is 10.8 Å². The second-order valence-electron chi connectivity index (χ2n) is 3.28. The summed E-state index contributed by atoms with van der Waals surface area (Å²) in [5.74, 6) is -0.861. The van der Waals surface area contributed by atoms with Crippen LogP contribution in [-0.4, -0.2) is 24.2 Å². The van der Waals surface area contributed by atoms with Crippen LogP contribution >= 0.6 is 11.3 Å². The van der Waals surface area contributed by atoms with Crippen molar-refractivity contribution in [1.29, 1.82) is 0 Å². The Bertz CT molecular complexity index is 312. The lowest BCUT2D eigenvalue weighted by atomic mass is 10.3. The van der Waals surface area contributed by atoms with Gasteiger partial charge in [-0.25, -0.2) is 4.79 Å². The van der Waals surface area contributed by atoms with Crippen molar-refractivity contribution < 1.29 is 9.90 Å². The van der Waals surface area contributed by atoms with Gasteiger partial charge in [-0.1, -0.05) is 0 Å². The molecule has 15 heavy (non-hydrogen) atoms. The zero-order valence-electron chi connectivity index (χ0n) is 8.53. The van der Waals surface area contributed by atoms with Gasteiger partial charge in [-0.3, -0.25) is 0 Å². The first-order chi connectivity index (χ1) is 7.24. The van der Waals surface area contributed by atoms with Crippen molar-refractivity contribution in [2.45, 2.75) is 19.4 Å². The summed E-state index contributed by atoms with van der Waals surface area (Å²) in [6.07, 6.45) is 2.09. The SMILES string of the molecule is NCCCCNCc1cc(C(=O)O)cs1. The number of hydrogen-bond acceptors (Lipinski definition) is 4. The van der Waals surface area contributed by atoms with E-state index in [9.17, 15) is 4.79 Å². The molecule has 4 nitrogen and oxygen atoms in total. The average molecular weight is 228 g/mol. The Morgan fingerprint density at radius 2 is 2.33 bits per heavy atom. The molecule has 0 aliphatic carbocycles. The molecule has 0 aliphatic heterocycles. The summed E-state index contributed by atoms with van der Waals surface area (Å²) in [5, 5.41) is 13.6. The summed E-state index contributed by atoms with van der Waals surface area (Å²) in [4.78, 5) is 11.7. The standard InChI is InChI=1S/C10H16N2O2S/c11-3-1-2-4-12-6-9-5-8(7-15-9)10(13)14/h5,7,12H,1-4,6,11H2,(H,13,14). The van der Waals surface area contributed by atoms with Gasteiger partial charge in [0.2, 0.25) is 0 Å². The van der Waals surface area contributed by atoms with Gasteiger partial charge in [0.25, 0.3) is 0 Å². The summed E-state index contributed by atoms with van der Waals surface area (Å²) in [5.41, 5.74) is 5.74. The minimum atomic E-state index is -0.861. The van der Waals surface area contributed by atoms with Crippen LogP contribution in [0, 0.1) is 0 Å². The van der Waals surface area contributed by atoms with Crippen molar-refractivity contribution in [1.82, 2.24) is 5.32 Å². The molecule has 84 valence electrons. The molecule has 1 rings (SSSR count). The molecular formula is C10H16N2O2S. The fourth-order valence-corrected chi connectivity index (χ4v) is 2.02. The maximum Gasteiger partial charge on any atom is 0.336 e. The molecule has 0 saturated heterocycles. The number of nitrogens with two attached hydrogens (primary N) is 1. The lowest BCUT2D eigenvalue weighted by Crippen LogP contribution is -2.15. The largest absolute Gasteiger partial charge is 0.478 e. The van der Waals surface area contributed by atoms with E-state index in [0.29, 0.717) is 5.56 Å². The topological polar surface area (TPSA) is 75.3 Å². The van der Waals surface area contributed by atoms with Crippen LogP contribution in [-0.2, 0) is 6.54 Å². The van der Waals surface area contributed by atoms with Crippen molar-refractivity contribution in [3.05, 3.63) is 21.9 Å². The predicted molar refractivity (Wildman–Crippen MR) is 61.3 cm³/mol. The van der Waals surface area contributed by atoms with Crippen LogP contribution in [0.25, 0.3) is 0 Å². The van der Waals surface area contributed by atoms with Crippen LogP contribution in [0.3, 0.4) is 0 Å². The third-order valence-corrected chi connectivity index (χ3v) is 2.94. The third-order valence-electron chi connectivity index (χ3n) is 2.01. The summed E-state index contributed by atoms with van der Waals surface area (Å²) >= 11 is 1.47. The van der Waals surface area contributed by atoms with Gasteiger partial charge in [-0.2, -0.15) is 0 Å². The summed E-state index contributed by atoms with van der Waals surface area (Å²) in [7, 11) is 0. The zero-order chi connectivity index (χ0) is 11.1. The Kier molecular flexibility index (Phi) is 5.31. The summed E-state index contributed by atoms with van der Waals surface area (Å²) in [6, 6.07) is 1.71. The van der Waals surface area contributed by atoms with Gasteiger partial charge in [0.05, 0.1) is 5.56 Å². The van der Waals surface area contributed by atoms with Gasteiger partial charge in [0, 0.05) is 16.8 Å². The number of nitrogens with one attached hydrogen (secondary N) is 1. The fourth-order valence-electron chi connectivity index (χ4n) is 1.19. The number of aromatic carboxylic acids is 1. The number of carboxylic acid groups (broad SMARTS) is 1. The molecule has 0 fully saturated rings. The third kappa shape index (κ3) is 4.42. The number of thiophene rings is 1. The van der Waals surface area contributed by atoms with Crippen LogP contribution < -0.4 is 11.1 Å². The van der Waals surface area contributed by atoms with Crippen molar-refractivity contribution in [3.8, 4) is 0 Å². The number of hydrogen-bond donors (Lipinski definition) is 3. The molecule has 0 spiro atoms. The van der Waals surface area contributed by atoms with Crippen LogP contribution in [0.5, 0.6) is 0 Å². The molecule has 0 radical (unpaired) electrons. The van der Waals surface area contributed by atoms with Gasteiger partial charge < -0.3 is 16.2 Å². The molecule has 1 aromatic rings. The number of unbranched alkanes of at least 4 members (excludes halogenated alkanes) is 1. The Hall–Kier alpha value is -0.910. The van der Waals surface area contributed by atoms with Gasteiger partial charge >= 0.3 is 5.97 Å². The van der Waals surface area contributed by atoms with E-state index >= 15 is 0 Å². The molecular weight excluding hydrogens is 212 g/mol. The molecule has 0 bridgehead atoms. The molecule has 4 N–H and O–H groups in total. The first-order valence-corrected chi connectivity index (χ1v) is 5.83. The van der Waals surface area contributed by atoms with Crippen molar-refractivity contribution in [2.75, 3.05) is 13.1 Å². The fraction of sp³-hybridized carbons (Fsp3) is 0.500. The van der Waals surface area contributed by atoms with Gasteiger partial charge in [0.15, 0.2) is 0 Å². The highest BCUT2D eigenvalue weighted by atomic mass is 32.1. The van der Waals surface area contributed by atoms with Gasteiger partial charge in [-0.05, 0) is 32.0 Å². The van der Waals surface area contributed by atoms with Crippen molar-refractivity contribution in [2.24, 2.45) is 5.73 Å². The second kappa shape index (κ2) is 6.55. The van der Waals surface area contributed by atoms with E-state index in [-0.39, 0.29) is 0 Å². The van der Waals surface area contributed by atoms with E-state index in [1.165, 1.54) is 11.3 Å².